The van der Waals surface area contributed by atoms with E-state index in [9.17, 15) is 9.59 Å². The number of hydrogen-bond donors (Lipinski definition) is 2. The van der Waals surface area contributed by atoms with Crippen molar-refractivity contribution in [3.05, 3.63) is 30.1 Å². The largest absolute Gasteiger partial charge is 0.352 e. The Morgan fingerprint density at radius 1 is 1.43 bits per heavy atom. The van der Waals surface area contributed by atoms with Crippen molar-refractivity contribution in [1.29, 1.82) is 0 Å². The van der Waals surface area contributed by atoms with Crippen LogP contribution in [0.25, 0.3) is 11.0 Å². The number of carbonyl (C=O) groups is 2. The van der Waals surface area contributed by atoms with Gasteiger partial charge in [-0.3, -0.25) is 9.59 Å². The minimum Gasteiger partial charge on any atom is -0.352 e. The average Bonchev–Trinajstić information content (AvgIpc) is 3.02. The molecular formula is C17H22N4O2. The van der Waals surface area contributed by atoms with E-state index in [1.165, 1.54) is 6.42 Å². The van der Waals surface area contributed by atoms with Crippen molar-refractivity contribution >= 4 is 22.8 Å². The van der Waals surface area contributed by atoms with Crippen LogP contribution in [0.4, 0.5) is 0 Å². The van der Waals surface area contributed by atoms with Gasteiger partial charge in [-0.05, 0) is 37.0 Å². The molecule has 1 aromatic heterocycles. The Bertz CT molecular complexity index is 709. The summed E-state index contributed by atoms with van der Waals surface area (Å²) in [6.45, 7) is 4.22. The molecule has 0 aliphatic carbocycles. The number of imidazole rings is 1. The van der Waals surface area contributed by atoms with E-state index in [-0.39, 0.29) is 11.8 Å². The first-order valence-corrected chi connectivity index (χ1v) is 8.12. The molecule has 1 aromatic carbocycles. The Morgan fingerprint density at radius 2 is 2.30 bits per heavy atom. The predicted molar refractivity (Wildman–Crippen MR) is 88.0 cm³/mol. The van der Waals surface area contributed by atoms with Gasteiger partial charge in [-0.1, -0.05) is 6.92 Å². The Balaban J connectivity index is 1.49. The maximum absolute atomic E-state index is 12.2. The highest BCUT2D eigenvalue weighted by atomic mass is 16.2. The van der Waals surface area contributed by atoms with Gasteiger partial charge in [-0.15, -0.1) is 0 Å². The van der Waals surface area contributed by atoms with Gasteiger partial charge < -0.3 is 15.2 Å². The number of piperidine rings is 1. The van der Waals surface area contributed by atoms with Crippen molar-refractivity contribution in [2.24, 2.45) is 5.92 Å². The van der Waals surface area contributed by atoms with E-state index in [4.69, 9.17) is 0 Å². The fourth-order valence-corrected chi connectivity index (χ4v) is 3.04. The third-order valence-electron chi connectivity index (χ3n) is 4.32. The van der Waals surface area contributed by atoms with Crippen LogP contribution >= 0.6 is 0 Å². The van der Waals surface area contributed by atoms with Crippen molar-refractivity contribution in [2.75, 3.05) is 19.6 Å². The number of carbonyl (C=O) groups excluding carboxylic acids is 2. The van der Waals surface area contributed by atoms with E-state index in [2.05, 4.69) is 22.2 Å². The van der Waals surface area contributed by atoms with Gasteiger partial charge in [0.15, 0.2) is 0 Å². The Hall–Kier alpha value is -2.37. The number of rotatable bonds is 4. The lowest BCUT2D eigenvalue weighted by Gasteiger charge is -2.31. The molecule has 0 spiro atoms. The lowest BCUT2D eigenvalue weighted by molar-refractivity contribution is -0.132. The molecule has 1 aliphatic rings. The lowest BCUT2D eigenvalue weighted by atomic mass is 10.00. The molecule has 2 heterocycles. The molecule has 0 unspecified atom stereocenters. The number of likely N-dealkylation sites (tertiary alicyclic amines) is 1. The zero-order chi connectivity index (χ0) is 16.2. The van der Waals surface area contributed by atoms with Gasteiger partial charge in [0.05, 0.1) is 17.4 Å². The van der Waals surface area contributed by atoms with Gasteiger partial charge in [-0.2, -0.15) is 0 Å². The third-order valence-corrected chi connectivity index (χ3v) is 4.32. The molecule has 122 valence electrons. The maximum Gasteiger partial charge on any atom is 0.251 e. The van der Waals surface area contributed by atoms with Crippen molar-refractivity contribution in [2.45, 2.75) is 26.2 Å². The Kier molecular flexibility index (Phi) is 4.60. The molecular weight excluding hydrogens is 292 g/mol. The van der Waals surface area contributed by atoms with Crippen LogP contribution in [0, 0.1) is 5.92 Å². The van der Waals surface area contributed by atoms with Crippen LogP contribution in [0.5, 0.6) is 0 Å². The second kappa shape index (κ2) is 6.81. The van der Waals surface area contributed by atoms with E-state index in [0.29, 0.717) is 24.4 Å². The van der Waals surface area contributed by atoms with E-state index in [1.807, 2.05) is 4.90 Å². The maximum atomic E-state index is 12.2. The standard InChI is InChI=1S/C17H22N4O2/c1-12-3-2-8-21(10-12)16(22)6-7-18-17(23)13-4-5-14-15(9-13)20-11-19-14/h4-5,9,11-12H,2-3,6-8,10H2,1H3,(H,18,23)(H,19,20)/t12-/m1/s1. The lowest BCUT2D eigenvalue weighted by Crippen LogP contribution is -2.40. The van der Waals surface area contributed by atoms with Crippen LogP contribution in [0.15, 0.2) is 24.5 Å². The summed E-state index contributed by atoms with van der Waals surface area (Å²) in [4.78, 5) is 33.3. The fourth-order valence-electron chi connectivity index (χ4n) is 3.04. The zero-order valence-electron chi connectivity index (χ0n) is 13.3. The van der Waals surface area contributed by atoms with Crippen molar-refractivity contribution < 1.29 is 9.59 Å². The quantitative estimate of drug-likeness (QED) is 0.905. The molecule has 2 amide bonds. The van der Waals surface area contributed by atoms with Gasteiger partial charge in [0.25, 0.3) is 5.91 Å². The molecule has 1 aliphatic heterocycles. The van der Waals surface area contributed by atoms with Crippen LogP contribution in [-0.2, 0) is 4.79 Å². The molecule has 2 aromatic rings. The number of hydrogen-bond acceptors (Lipinski definition) is 3. The van der Waals surface area contributed by atoms with Crippen molar-refractivity contribution in [3.8, 4) is 0 Å². The number of nitrogens with zero attached hydrogens (tertiary/aromatic N) is 2. The minimum absolute atomic E-state index is 0.126. The van der Waals surface area contributed by atoms with Gasteiger partial charge in [-0.25, -0.2) is 4.98 Å². The fraction of sp³-hybridized carbons (Fsp3) is 0.471. The van der Waals surface area contributed by atoms with Crippen LogP contribution in [0.2, 0.25) is 0 Å². The van der Waals surface area contributed by atoms with Crippen LogP contribution in [0.3, 0.4) is 0 Å². The average molecular weight is 314 g/mol. The predicted octanol–water partition coefficient (Wildman–Crippen LogP) is 1.94. The first-order valence-electron chi connectivity index (χ1n) is 8.12. The Morgan fingerprint density at radius 3 is 3.13 bits per heavy atom. The topological polar surface area (TPSA) is 78.1 Å². The summed E-state index contributed by atoms with van der Waals surface area (Å²) in [5, 5.41) is 2.82. The molecule has 3 rings (SSSR count). The second-order valence-electron chi connectivity index (χ2n) is 6.23. The third kappa shape index (κ3) is 3.70. The van der Waals surface area contributed by atoms with Gasteiger partial charge in [0.1, 0.15) is 0 Å². The minimum atomic E-state index is -0.165. The normalized spacial score (nSPS) is 18.1. The zero-order valence-corrected chi connectivity index (χ0v) is 13.3. The molecule has 0 saturated carbocycles. The summed E-state index contributed by atoms with van der Waals surface area (Å²) in [7, 11) is 0. The molecule has 2 N–H and O–H groups in total. The number of amides is 2. The monoisotopic (exact) mass is 314 g/mol. The van der Waals surface area contributed by atoms with Crippen molar-refractivity contribution in [1.82, 2.24) is 20.2 Å². The van der Waals surface area contributed by atoms with E-state index >= 15 is 0 Å². The second-order valence-corrected chi connectivity index (χ2v) is 6.23. The highest BCUT2D eigenvalue weighted by Crippen LogP contribution is 2.16. The smallest absolute Gasteiger partial charge is 0.251 e. The molecule has 23 heavy (non-hydrogen) atoms. The van der Waals surface area contributed by atoms with Crippen molar-refractivity contribution in [3.63, 3.8) is 0 Å². The Labute approximate surface area is 135 Å². The molecule has 0 radical (unpaired) electrons. The summed E-state index contributed by atoms with van der Waals surface area (Å²) < 4.78 is 0. The molecule has 6 heteroatoms. The molecule has 1 fully saturated rings. The van der Waals surface area contributed by atoms with Crippen LogP contribution < -0.4 is 5.32 Å². The molecule has 1 atom stereocenters. The molecule has 1 saturated heterocycles. The number of aromatic nitrogens is 2. The molecule has 6 nitrogen and oxygen atoms in total. The summed E-state index contributed by atoms with van der Waals surface area (Å²) in [6.07, 6.45) is 4.22. The summed E-state index contributed by atoms with van der Waals surface area (Å²) >= 11 is 0. The number of fused-ring (bicyclic) bond motifs is 1. The number of nitrogens with one attached hydrogen (secondary N) is 2. The van der Waals surface area contributed by atoms with E-state index < -0.39 is 0 Å². The first kappa shape index (κ1) is 15.5. The highest BCUT2D eigenvalue weighted by molar-refractivity contribution is 5.97. The van der Waals surface area contributed by atoms with Gasteiger partial charge >= 0.3 is 0 Å². The molecule has 0 bridgehead atoms. The van der Waals surface area contributed by atoms with E-state index in [1.54, 1.807) is 24.5 Å². The van der Waals surface area contributed by atoms with Crippen LogP contribution in [-0.4, -0.2) is 46.3 Å². The number of H-pyrrole nitrogens is 1. The summed E-state index contributed by atoms with van der Waals surface area (Å²) in [5.41, 5.74) is 2.23. The van der Waals surface area contributed by atoms with Gasteiger partial charge in [0, 0.05) is 31.6 Å². The van der Waals surface area contributed by atoms with Gasteiger partial charge in [0.2, 0.25) is 5.91 Å². The number of aromatic amines is 1. The highest BCUT2D eigenvalue weighted by Gasteiger charge is 2.20. The summed E-state index contributed by atoms with van der Waals surface area (Å²) in [5.74, 6) is 0.533. The first-order chi connectivity index (χ1) is 11.1. The summed E-state index contributed by atoms with van der Waals surface area (Å²) in [6, 6.07) is 5.32. The SMILES string of the molecule is C[C@@H]1CCCN(C(=O)CCNC(=O)c2ccc3nc[nH]c3c2)C1. The van der Waals surface area contributed by atoms with E-state index in [0.717, 1.165) is 30.5 Å². The number of benzene rings is 1. The van der Waals surface area contributed by atoms with Crippen LogP contribution in [0.1, 0.15) is 36.5 Å².